The van der Waals surface area contributed by atoms with Crippen molar-refractivity contribution >= 4 is 24.0 Å². The van der Waals surface area contributed by atoms with E-state index in [2.05, 4.69) is 16.9 Å². The number of aliphatic hydroxyl groups is 1. The molecule has 2 amide bonds. The molecule has 2 aliphatic rings. The molecule has 0 aliphatic carbocycles. The first-order valence-electron chi connectivity index (χ1n) is 10.2. The van der Waals surface area contributed by atoms with Crippen LogP contribution in [-0.4, -0.2) is 66.9 Å². The fourth-order valence-corrected chi connectivity index (χ4v) is 3.40. The van der Waals surface area contributed by atoms with Crippen LogP contribution in [0.15, 0.2) is 64.2 Å². The summed E-state index contributed by atoms with van der Waals surface area (Å²) in [5, 5.41) is 13.0. The lowest BCUT2D eigenvalue weighted by molar-refractivity contribution is -0.143. The molecule has 174 valence electrons. The Morgan fingerprint density at radius 3 is 2.70 bits per heavy atom. The van der Waals surface area contributed by atoms with Crippen LogP contribution in [0.25, 0.3) is 0 Å². The third kappa shape index (κ3) is 5.11. The van der Waals surface area contributed by atoms with Gasteiger partial charge in [-0.05, 0) is 24.6 Å². The quantitative estimate of drug-likeness (QED) is 0.512. The van der Waals surface area contributed by atoms with Gasteiger partial charge >= 0.3 is 5.97 Å². The maximum atomic E-state index is 13.3. The van der Waals surface area contributed by atoms with E-state index in [0.717, 1.165) is 4.90 Å². The molecule has 0 saturated carbocycles. The molecule has 2 aliphatic heterocycles. The zero-order valence-corrected chi connectivity index (χ0v) is 18.3. The van der Waals surface area contributed by atoms with Crippen molar-refractivity contribution in [3.8, 4) is 0 Å². The highest BCUT2D eigenvalue weighted by molar-refractivity contribution is 6.17. The lowest BCUT2D eigenvalue weighted by Gasteiger charge is -2.37. The van der Waals surface area contributed by atoms with Crippen molar-refractivity contribution < 1.29 is 33.4 Å². The number of amides is 2. The Kier molecular flexibility index (Phi) is 7.27. The number of ether oxygens (including phenoxy) is 2. The lowest BCUT2D eigenvalue weighted by Crippen LogP contribution is -2.50. The monoisotopic (exact) mass is 457 g/mol. The summed E-state index contributed by atoms with van der Waals surface area (Å²) in [5.41, 5.74) is 0.658. The van der Waals surface area contributed by atoms with Crippen molar-refractivity contribution in [2.45, 2.75) is 19.4 Å². The molecule has 10 heteroatoms. The molecule has 2 N–H and O–H groups in total. The number of rotatable bonds is 5. The molecule has 0 radical (unpaired) electrons. The van der Waals surface area contributed by atoms with Gasteiger partial charge in [-0.2, -0.15) is 0 Å². The zero-order valence-electron chi connectivity index (χ0n) is 18.3. The van der Waals surface area contributed by atoms with E-state index in [-0.39, 0.29) is 37.6 Å². The van der Waals surface area contributed by atoms with Gasteiger partial charge in [0, 0.05) is 25.3 Å². The fourth-order valence-electron chi connectivity index (χ4n) is 3.40. The predicted octanol–water partition coefficient (Wildman–Crippen LogP) is 1.57. The second kappa shape index (κ2) is 10.1. The van der Waals surface area contributed by atoms with Crippen LogP contribution in [0.5, 0.6) is 0 Å². The number of esters is 1. The number of morpholine rings is 1. The Labute approximate surface area is 189 Å². The highest BCUT2D eigenvalue weighted by atomic mass is 19.1. The Morgan fingerprint density at radius 2 is 2.06 bits per heavy atom. The van der Waals surface area contributed by atoms with E-state index < -0.39 is 41.0 Å². The van der Waals surface area contributed by atoms with Gasteiger partial charge in [-0.3, -0.25) is 14.6 Å². The number of fused-ring (bicyclic) bond motifs is 2. The fraction of sp³-hybridized carbons (Fsp3) is 0.304. The van der Waals surface area contributed by atoms with Crippen LogP contribution in [-0.2, 0) is 30.3 Å². The first-order valence-corrected chi connectivity index (χ1v) is 10.2. The third-order valence-corrected chi connectivity index (χ3v) is 5.05. The van der Waals surface area contributed by atoms with E-state index in [4.69, 9.17) is 9.47 Å². The molecule has 0 spiro atoms. The average molecular weight is 457 g/mol. The number of hydrogen-bond donors (Lipinski definition) is 2. The minimum Gasteiger partial charge on any atom is -0.509 e. The zero-order chi connectivity index (χ0) is 24.1. The molecule has 2 bridgehead atoms. The van der Waals surface area contributed by atoms with Gasteiger partial charge in [0.25, 0.3) is 11.8 Å². The molecule has 9 nitrogen and oxygen atoms in total. The Balaban J connectivity index is 2.13. The van der Waals surface area contributed by atoms with Crippen LogP contribution in [0, 0.1) is 5.82 Å². The van der Waals surface area contributed by atoms with Crippen LogP contribution < -0.4 is 5.32 Å². The van der Waals surface area contributed by atoms with Gasteiger partial charge in [0.15, 0.2) is 11.7 Å². The van der Waals surface area contributed by atoms with Gasteiger partial charge in [0.2, 0.25) is 0 Å². The Hall–Kier alpha value is -3.95. The number of benzene rings is 1. The van der Waals surface area contributed by atoms with Gasteiger partial charge in [-0.15, -0.1) is 0 Å². The van der Waals surface area contributed by atoms with Crippen molar-refractivity contribution in [3.63, 3.8) is 0 Å². The summed E-state index contributed by atoms with van der Waals surface area (Å²) in [4.78, 5) is 43.4. The number of aliphatic imine (C=N–C) groups is 1. The van der Waals surface area contributed by atoms with Gasteiger partial charge in [-0.1, -0.05) is 18.7 Å². The molecular weight excluding hydrogens is 433 g/mol. The maximum absolute atomic E-state index is 13.3. The average Bonchev–Trinajstić information content (AvgIpc) is 2.79. The van der Waals surface area contributed by atoms with Crippen molar-refractivity contribution in [1.82, 2.24) is 10.2 Å². The largest absolute Gasteiger partial charge is 0.509 e. The second-order valence-corrected chi connectivity index (χ2v) is 7.25. The molecule has 0 unspecified atom stereocenters. The molecule has 1 aromatic carbocycles. The number of halogens is 1. The van der Waals surface area contributed by atoms with Crippen molar-refractivity contribution in [3.05, 3.63) is 70.6 Å². The van der Waals surface area contributed by atoms with Gasteiger partial charge in [0.05, 0.1) is 25.4 Å². The summed E-state index contributed by atoms with van der Waals surface area (Å²) in [7, 11) is 1.42. The van der Waals surface area contributed by atoms with Crippen molar-refractivity contribution in [2.75, 3.05) is 26.7 Å². The number of aliphatic hydroxyl groups excluding tert-OH is 1. The van der Waals surface area contributed by atoms with Crippen LogP contribution in [0.4, 0.5) is 4.39 Å². The first kappa shape index (κ1) is 23.7. The van der Waals surface area contributed by atoms with Crippen LogP contribution in [0.1, 0.15) is 12.5 Å². The number of nitrogens with one attached hydrogen (secondary N) is 1. The van der Waals surface area contributed by atoms with Gasteiger partial charge in [-0.25, -0.2) is 9.18 Å². The van der Waals surface area contributed by atoms with Gasteiger partial charge in [0.1, 0.15) is 17.3 Å². The molecule has 33 heavy (non-hydrogen) atoms. The van der Waals surface area contributed by atoms with Crippen LogP contribution in [0.2, 0.25) is 0 Å². The number of hydrogen-bond acceptors (Lipinski definition) is 7. The van der Waals surface area contributed by atoms with Crippen molar-refractivity contribution in [1.29, 1.82) is 0 Å². The minimum atomic E-state index is -1.11. The molecule has 1 saturated heterocycles. The van der Waals surface area contributed by atoms with Crippen molar-refractivity contribution in [2.24, 2.45) is 4.99 Å². The van der Waals surface area contributed by atoms with E-state index in [1.807, 2.05) is 0 Å². The molecule has 0 aromatic heterocycles. The van der Waals surface area contributed by atoms with E-state index in [1.165, 1.54) is 25.4 Å². The highest BCUT2D eigenvalue weighted by Crippen LogP contribution is 2.30. The normalized spacial score (nSPS) is 23.1. The van der Waals surface area contributed by atoms with E-state index in [9.17, 15) is 23.9 Å². The molecule has 1 aromatic rings. The maximum Gasteiger partial charge on any atom is 0.347 e. The molecule has 3 rings (SSSR count). The number of allylic oxidation sites excluding steroid dienone is 1. The van der Waals surface area contributed by atoms with E-state index >= 15 is 0 Å². The third-order valence-electron chi connectivity index (χ3n) is 5.05. The summed E-state index contributed by atoms with van der Waals surface area (Å²) >= 11 is 0. The lowest BCUT2D eigenvalue weighted by atomic mass is 10.0. The standard InChI is InChI=1S/C23H24FN3O6/c1-4-32-23(31)19-17(28)11-26-10-15(9-14-5-7-16(24)8-6-14)20-13(2)27(22(19)30)12-18(33-20)21(29)25-3/h5-8,10,18,28H,2,4,9,11-12H2,1,3H3,(H,25,29)/b19-17-,20-15+,26-10?/t18-/m0/s1. The summed E-state index contributed by atoms with van der Waals surface area (Å²) in [5.74, 6) is -3.24. The summed E-state index contributed by atoms with van der Waals surface area (Å²) in [6.07, 6.45) is 0.514. The number of likely N-dealkylation sites (N-methyl/N-ethyl adjacent to an activating group) is 1. The minimum absolute atomic E-state index is 0.00987. The van der Waals surface area contributed by atoms with Crippen LogP contribution >= 0.6 is 0 Å². The summed E-state index contributed by atoms with van der Waals surface area (Å²) < 4.78 is 24.2. The number of carbonyl (C=O) groups excluding carboxylic acids is 3. The molecule has 2 heterocycles. The molecular formula is C23H24FN3O6. The topological polar surface area (TPSA) is 118 Å². The predicted molar refractivity (Wildman–Crippen MR) is 117 cm³/mol. The van der Waals surface area contributed by atoms with Crippen LogP contribution in [0.3, 0.4) is 0 Å². The first-order chi connectivity index (χ1) is 15.8. The smallest absolute Gasteiger partial charge is 0.347 e. The molecule has 1 fully saturated rings. The Bertz CT molecular complexity index is 1070. The second-order valence-electron chi connectivity index (χ2n) is 7.25. The van der Waals surface area contributed by atoms with E-state index in [0.29, 0.717) is 11.1 Å². The Morgan fingerprint density at radius 1 is 1.36 bits per heavy atom. The highest BCUT2D eigenvalue weighted by Gasteiger charge is 2.40. The summed E-state index contributed by atoms with van der Waals surface area (Å²) in [6, 6.07) is 5.77. The summed E-state index contributed by atoms with van der Waals surface area (Å²) in [6.45, 7) is 4.88. The number of carbonyl (C=O) groups is 3. The SMILES string of the molecule is C=C1/C2=C(/Cc3ccc(F)cc3)C=NC/C(O)=C(/C(=O)OCC)C(=O)N1C[C@@H](C(=O)NC)O2. The number of nitrogens with zero attached hydrogens (tertiary/aromatic N) is 2. The van der Waals surface area contributed by atoms with Gasteiger partial charge < -0.3 is 24.8 Å². The van der Waals surface area contributed by atoms with E-state index in [1.54, 1.807) is 19.1 Å². The molecule has 1 atom stereocenters.